The molecule has 0 saturated carbocycles. The number of aromatic hydroxyl groups is 4. The van der Waals surface area contributed by atoms with E-state index in [1.165, 1.54) is 24.3 Å². The van der Waals surface area contributed by atoms with Gasteiger partial charge in [0.05, 0.1) is 0 Å². The van der Waals surface area contributed by atoms with Gasteiger partial charge in [0.2, 0.25) is 23.2 Å². The molecule has 5 atom stereocenters. The first-order valence-corrected chi connectivity index (χ1v) is 9.64. The number of ether oxygens (including phenoxy) is 2. The molecule has 8 N–H and O–H groups in total. The van der Waals surface area contributed by atoms with E-state index >= 15 is 0 Å². The lowest BCUT2D eigenvalue weighted by molar-refractivity contribution is -0.271. The van der Waals surface area contributed by atoms with Crippen LogP contribution in [-0.4, -0.2) is 77.5 Å². The molecule has 1 aliphatic heterocycles. The highest BCUT2D eigenvalue weighted by Gasteiger charge is 2.48. The van der Waals surface area contributed by atoms with Gasteiger partial charge < -0.3 is 54.7 Å². The molecule has 3 aromatic rings. The normalized spacial score (nSPS) is 24.7. The van der Waals surface area contributed by atoms with E-state index in [2.05, 4.69) is 0 Å². The van der Waals surface area contributed by atoms with Crippen molar-refractivity contribution in [1.82, 2.24) is 0 Å². The molecule has 1 fully saturated rings. The Morgan fingerprint density at radius 2 is 1.56 bits per heavy atom. The number of phenols is 3. The van der Waals surface area contributed by atoms with Crippen molar-refractivity contribution >= 4 is 16.9 Å². The zero-order chi connectivity index (χ0) is 24.9. The van der Waals surface area contributed by atoms with Crippen molar-refractivity contribution in [2.24, 2.45) is 0 Å². The summed E-state index contributed by atoms with van der Waals surface area (Å²) in [7, 11) is 0. The fourth-order valence-electron chi connectivity index (χ4n) is 3.47. The first-order chi connectivity index (χ1) is 16.0. The van der Waals surface area contributed by atoms with Crippen molar-refractivity contribution in [2.75, 3.05) is 0 Å². The van der Waals surface area contributed by atoms with Gasteiger partial charge in [0, 0.05) is 11.6 Å². The zero-order valence-corrected chi connectivity index (χ0v) is 16.9. The maximum absolute atomic E-state index is 12.7. The number of rotatable bonds is 4. The van der Waals surface area contributed by atoms with Gasteiger partial charge in [0.1, 0.15) is 35.2 Å². The topological polar surface area (TPSA) is 228 Å². The highest BCUT2D eigenvalue weighted by atomic mass is 16.7. The molecule has 1 aliphatic rings. The number of aliphatic hydroxyl groups excluding tert-OH is 3. The predicted molar refractivity (Wildman–Crippen MR) is 110 cm³/mol. The van der Waals surface area contributed by atoms with E-state index in [4.69, 9.17) is 19.0 Å². The minimum absolute atomic E-state index is 0.111. The number of hydrogen-bond donors (Lipinski definition) is 8. The zero-order valence-electron chi connectivity index (χ0n) is 16.9. The summed E-state index contributed by atoms with van der Waals surface area (Å²) >= 11 is 0. The largest absolute Gasteiger partial charge is 0.508 e. The summed E-state index contributed by atoms with van der Waals surface area (Å²) in [6.07, 6.45) is -9.87. The van der Waals surface area contributed by atoms with Crippen LogP contribution in [0.1, 0.15) is 0 Å². The van der Waals surface area contributed by atoms with Crippen molar-refractivity contribution in [3.8, 4) is 40.1 Å². The Morgan fingerprint density at radius 3 is 2.18 bits per heavy atom. The Hall–Kier alpha value is -4.04. The molecular weight excluding hydrogens is 460 g/mol. The molecule has 1 saturated heterocycles. The molecule has 13 heteroatoms. The summed E-state index contributed by atoms with van der Waals surface area (Å²) in [5.74, 6) is -5.44. The SMILES string of the molecule is O=C(O)C1OC(Oc2cc(O)c3c(=O)c(O)c(-c4ccc(O)cc4)oc3c2O)C(O)C(O)C1O. The van der Waals surface area contributed by atoms with Crippen LogP contribution in [0.5, 0.6) is 28.7 Å². The van der Waals surface area contributed by atoms with Crippen molar-refractivity contribution in [3.63, 3.8) is 0 Å². The van der Waals surface area contributed by atoms with Crippen molar-refractivity contribution in [1.29, 1.82) is 0 Å². The van der Waals surface area contributed by atoms with Gasteiger partial charge in [0.15, 0.2) is 23.2 Å². The Kier molecular flexibility index (Phi) is 5.70. The highest BCUT2D eigenvalue weighted by molar-refractivity contribution is 5.93. The first kappa shape index (κ1) is 23.1. The van der Waals surface area contributed by atoms with Gasteiger partial charge in [-0.05, 0) is 24.3 Å². The molecule has 4 rings (SSSR count). The van der Waals surface area contributed by atoms with E-state index in [9.17, 15) is 45.3 Å². The van der Waals surface area contributed by atoms with Crippen LogP contribution >= 0.6 is 0 Å². The van der Waals surface area contributed by atoms with Crippen molar-refractivity contribution < 1.29 is 59.5 Å². The van der Waals surface area contributed by atoms with Crippen LogP contribution in [0.2, 0.25) is 0 Å². The molecule has 0 spiro atoms. The quantitative estimate of drug-likeness (QED) is 0.223. The predicted octanol–water partition coefficient (Wildman–Crippen LogP) is -0.447. The van der Waals surface area contributed by atoms with E-state index in [-0.39, 0.29) is 11.3 Å². The Balaban J connectivity index is 1.81. The third-order valence-corrected chi connectivity index (χ3v) is 5.25. The molecule has 1 aromatic heterocycles. The van der Waals surface area contributed by atoms with Gasteiger partial charge in [-0.25, -0.2) is 4.79 Å². The molecular formula is C21H18O13. The smallest absolute Gasteiger partial charge is 0.335 e. The second kappa shape index (κ2) is 8.39. The lowest BCUT2D eigenvalue weighted by atomic mass is 9.99. The van der Waals surface area contributed by atoms with Crippen LogP contribution in [0, 0.1) is 0 Å². The number of fused-ring (bicyclic) bond motifs is 1. The molecule has 2 heterocycles. The average molecular weight is 478 g/mol. The fourth-order valence-corrected chi connectivity index (χ4v) is 3.47. The molecule has 0 radical (unpaired) electrons. The number of benzene rings is 2. The fraction of sp³-hybridized carbons (Fsp3) is 0.238. The maximum atomic E-state index is 12.7. The Labute approximate surface area is 188 Å². The van der Waals surface area contributed by atoms with Gasteiger partial charge >= 0.3 is 5.97 Å². The molecule has 5 unspecified atom stereocenters. The first-order valence-electron chi connectivity index (χ1n) is 9.64. The molecule has 0 bridgehead atoms. The Bertz CT molecular complexity index is 1310. The van der Waals surface area contributed by atoms with E-state index in [0.717, 1.165) is 6.07 Å². The average Bonchev–Trinajstić information content (AvgIpc) is 2.79. The number of aliphatic carboxylic acids is 1. The van der Waals surface area contributed by atoms with E-state index < -0.39 is 81.8 Å². The standard InChI is InChI=1S/C21H18O13/c22-7-3-1-6(2-4-7)17-14(27)12(25)10-8(23)5-9(11(24)18(10)33-17)32-21-16(29)13(26)15(28)19(34-21)20(30)31/h1-5,13,15-16,19,21-24,26-29H,(H,30,31). The van der Waals surface area contributed by atoms with Gasteiger partial charge in [0.25, 0.3) is 0 Å². The minimum Gasteiger partial charge on any atom is -0.508 e. The number of carboxylic acid groups (broad SMARTS) is 1. The van der Waals surface area contributed by atoms with Crippen LogP contribution in [0.25, 0.3) is 22.3 Å². The van der Waals surface area contributed by atoms with Crippen LogP contribution in [0.15, 0.2) is 39.5 Å². The monoisotopic (exact) mass is 478 g/mol. The molecule has 0 amide bonds. The van der Waals surface area contributed by atoms with Crippen LogP contribution in [0.4, 0.5) is 0 Å². The lowest BCUT2D eigenvalue weighted by Crippen LogP contribution is -2.61. The number of phenolic OH excluding ortho intramolecular Hbond substituents is 3. The van der Waals surface area contributed by atoms with Crippen molar-refractivity contribution in [2.45, 2.75) is 30.7 Å². The number of aliphatic hydroxyl groups is 3. The third-order valence-electron chi connectivity index (χ3n) is 5.25. The van der Waals surface area contributed by atoms with Crippen molar-refractivity contribution in [3.05, 3.63) is 40.6 Å². The third kappa shape index (κ3) is 3.72. The minimum atomic E-state index is -1.99. The summed E-state index contributed by atoms with van der Waals surface area (Å²) in [5, 5.41) is 79.0. The van der Waals surface area contributed by atoms with Crippen LogP contribution < -0.4 is 10.2 Å². The number of hydrogen-bond acceptors (Lipinski definition) is 12. The summed E-state index contributed by atoms with van der Waals surface area (Å²) in [6.45, 7) is 0. The summed E-state index contributed by atoms with van der Waals surface area (Å²) in [5.41, 5.74) is -1.62. The van der Waals surface area contributed by atoms with E-state index in [0.29, 0.717) is 0 Å². The number of carboxylic acids is 1. The van der Waals surface area contributed by atoms with Crippen LogP contribution in [0.3, 0.4) is 0 Å². The second-order valence-corrected chi connectivity index (χ2v) is 7.46. The maximum Gasteiger partial charge on any atom is 0.335 e. The van der Waals surface area contributed by atoms with Gasteiger partial charge in [-0.15, -0.1) is 0 Å². The van der Waals surface area contributed by atoms with E-state index in [1.54, 1.807) is 0 Å². The molecule has 34 heavy (non-hydrogen) atoms. The summed E-state index contributed by atoms with van der Waals surface area (Å²) < 4.78 is 15.7. The van der Waals surface area contributed by atoms with Gasteiger partial charge in [-0.1, -0.05) is 0 Å². The highest BCUT2D eigenvalue weighted by Crippen LogP contribution is 2.43. The second-order valence-electron chi connectivity index (χ2n) is 7.46. The van der Waals surface area contributed by atoms with Gasteiger partial charge in [-0.2, -0.15) is 0 Å². The van der Waals surface area contributed by atoms with Gasteiger partial charge in [-0.3, -0.25) is 4.79 Å². The molecule has 2 aromatic carbocycles. The lowest BCUT2D eigenvalue weighted by Gasteiger charge is -2.38. The summed E-state index contributed by atoms with van der Waals surface area (Å²) in [4.78, 5) is 23.9. The molecule has 180 valence electrons. The van der Waals surface area contributed by atoms with Crippen LogP contribution in [-0.2, 0) is 9.53 Å². The Morgan fingerprint density at radius 1 is 0.912 bits per heavy atom. The molecule has 13 nitrogen and oxygen atoms in total. The summed E-state index contributed by atoms with van der Waals surface area (Å²) in [6, 6.07) is 5.83. The molecule has 0 aliphatic carbocycles. The number of carbonyl (C=O) groups is 1. The van der Waals surface area contributed by atoms with E-state index in [1.807, 2.05) is 0 Å².